The maximum atomic E-state index is 12.2. The Hall–Kier alpha value is -1.80. The first-order valence-corrected chi connectivity index (χ1v) is 9.51. The molecule has 1 aliphatic rings. The molecular weight excluding hydrogens is 344 g/mol. The number of thiazole rings is 1. The summed E-state index contributed by atoms with van der Waals surface area (Å²) >= 11 is 2.64. The number of carbonyl (C=O) groups is 2. The maximum Gasteiger partial charge on any atom is 0.236 e. The minimum atomic E-state index is -0.146. The Morgan fingerprint density at radius 2 is 2.00 bits per heavy atom. The molecule has 0 saturated heterocycles. The fourth-order valence-corrected chi connectivity index (χ4v) is 4.51. The van der Waals surface area contributed by atoms with Crippen molar-refractivity contribution in [3.05, 3.63) is 27.7 Å². The van der Waals surface area contributed by atoms with E-state index in [1.807, 2.05) is 6.92 Å². The van der Waals surface area contributed by atoms with Crippen molar-refractivity contribution < 1.29 is 9.59 Å². The molecule has 1 amide bonds. The van der Waals surface area contributed by atoms with Gasteiger partial charge in [0.2, 0.25) is 5.91 Å². The smallest absolute Gasteiger partial charge is 0.236 e. The van der Waals surface area contributed by atoms with Crippen molar-refractivity contribution in [1.82, 2.24) is 15.0 Å². The lowest BCUT2D eigenvalue weighted by atomic mass is 10.3. The molecule has 6 nitrogen and oxygen atoms in total. The third-order valence-electron chi connectivity index (χ3n) is 3.71. The number of nitrogens with zero attached hydrogens (tertiary/aromatic N) is 3. The average Bonchev–Trinajstić information content (AvgIpc) is 3.11. The minimum Gasteiger partial charge on any atom is -0.301 e. The summed E-state index contributed by atoms with van der Waals surface area (Å²) in [7, 11) is 0. The quantitative estimate of drug-likeness (QED) is 0.500. The molecule has 8 heteroatoms. The molecule has 2 heterocycles. The molecule has 0 spiro atoms. The van der Waals surface area contributed by atoms with Crippen molar-refractivity contribution >= 4 is 39.9 Å². The Morgan fingerprint density at radius 3 is 2.71 bits per heavy atom. The summed E-state index contributed by atoms with van der Waals surface area (Å²) in [5.41, 5.74) is 2.95. The van der Waals surface area contributed by atoms with Crippen molar-refractivity contribution in [2.24, 2.45) is 0 Å². The van der Waals surface area contributed by atoms with Gasteiger partial charge >= 0.3 is 0 Å². The van der Waals surface area contributed by atoms with E-state index in [4.69, 9.17) is 0 Å². The van der Waals surface area contributed by atoms with Crippen LogP contribution in [0.15, 0.2) is 5.03 Å². The molecule has 0 saturated carbocycles. The second kappa shape index (κ2) is 6.98. The molecule has 0 atom stereocenters. The van der Waals surface area contributed by atoms with E-state index in [1.54, 1.807) is 6.92 Å². The molecule has 1 N–H and O–H groups in total. The predicted octanol–water partition coefficient (Wildman–Crippen LogP) is 2.97. The van der Waals surface area contributed by atoms with Gasteiger partial charge < -0.3 is 5.32 Å². The van der Waals surface area contributed by atoms with E-state index in [0.717, 1.165) is 35.8 Å². The van der Waals surface area contributed by atoms with Gasteiger partial charge in [-0.1, -0.05) is 23.1 Å². The number of nitrogens with one attached hydrogen (secondary N) is 1. The first-order chi connectivity index (χ1) is 11.4. The van der Waals surface area contributed by atoms with Crippen molar-refractivity contribution in [2.75, 3.05) is 11.1 Å². The largest absolute Gasteiger partial charge is 0.301 e. The van der Waals surface area contributed by atoms with E-state index in [9.17, 15) is 9.59 Å². The van der Waals surface area contributed by atoms with Gasteiger partial charge in [-0.05, 0) is 33.1 Å². The van der Waals surface area contributed by atoms with Crippen molar-refractivity contribution in [3.63, 3.8) is 0 Å². The summed E-state index contributed by atoms with van der Waals surface area (Å²) in [6.07, 6.45) is 3.07. The summed E-state index contributed by atoms with van der Waals surface area (Å²) in [6.45, 7) is 5.15. The molecule has 3 rings (SSSR count). The van der Waals surface area contributed by atoms with Gasteiger partial charge in [-0.2, -0.15) is 0 Å². The zero-order valence-electron chi connectivity index (χ0n) is 13.8. The maximum absolute atomic E-state index is 12.2. The number of anilines is 1. The number of Topliss-reactive ketones (excluding diaryl/α,β-unsaturated/α-hetero) is 1. The number of hydrogen-bond donors (Lipinski definition) is 1. The molecule has 0 radical (unpaired) electrons. The predicted molar refractivity (Wildman–Crippen MR) is 95.0 cm³/mol. The lowest BCUT2D eigenvalue weighted by molar-refractivity contribution is -0.113. The topological polar surface area (TPSA) is 84.8 Å². The van der Waals surface area contributed by atoms with E-state index in [2.05, 4.69) is 20.3 Å². The highest BCUT2D eigenvalue weighted by Gasteiger charge is 2.20. The number of carbonyl (C=O) groups excluding carboxylic acids is 2. The number of ketones is 1. The monoisotopic (exact) mass is 362 g/mol. The summed E-state index contributed by atoms with van der Waals surface area (Å²) in [5, 5.41) is 4.14. The molecule has 0 unspecified atom stereocenters. The lowest BCUT2D eigenvalue weighted by Crippen LogP contribution is -2.14. The van der Waals surface area contributed by atoms with Crippen LogP contribution in [0.4, 0.5) is 5.13 Å². The Morgan fingerprint density at radius 1 is 1.21 bits per heavy atom. The van der Waals surface area contributed by atoms with Crippen LogP contribution in [0.25, 0.3) is 0 Å². The van der Waals surface area contributed by atoms with Crippen LogP contribution in [0.2, 0.25) is 0 Å². The Balaban J connectivity index is 1.64. The van der Waals surface area contributed by atoms with Crippen LogP contribution in [0.1, 0.15) is 45.8 Å². The number of thioether (sulfide) groups is 1. The summed E-state index contributed by atoms with van der Waals surface area (Å²) in [6, 6.07) is 0. The molecule has 1 aliphatic carbocycles. The molecule has 0 aromatic carbocycles. The fraction of sp³-hybridized carbons (Fsp3) is 0.438. The third-order valence-corrected chi connectivity index (χ3v) is 5.90. The third kappa shape index (κ3) is 3.64. The van der Waals surface area contributed by atoms with Crippen LogP contribution in [0, 0.1) is 13.8 Å². The number of rotatable bonds is 5. The van der Waals surface area contributed by atoms with Gasteiger partial charge in [0.05, 0.1) is 16.3 Å². The highest BCUT2D eigenvalue weighted by Crippen LogP contribution is 2.30. The molecule has 126 valence electrons. The molecule has 0 bridgehead atoms. The van der Waals surface area contributed by atoms with Gasteiger partial charge in [-0.3, -0.25) is 9.59 Å². The van der Waals surface area contributed by atoms with Crippen molar-refractivity contribution in [1.29, 1.82) is 0 Å². The molecule has 2 aromatic rings. The first-order valence-electron chi connectivity index (χ1n) is 7.71. The zero-order chi connectivity index (χ0) is 17.3. The number of amides is 1. The van der Waals surface area contributed by atoms with E-state index in [-0.39, 0.29) is 17.4 Å². The number of aromatic nitrogens is 3. The Labute approximate surface area is 148 Å². The van der Waals surface area contributed by atoms with Crippen LogP contribution in [0.5, 0.6) is 0 Å². The number of aryl methyl sites for hydroxylation is 3. The Bertz CT molecular complexity index is 817. The van der Waals surface area contributed by atoms with E-state index >= 15 is 0 Å². The molecule has 0 fully saturated rings. The van der Waals surface area contributed by atoms with Crippen LogP contribution in [-0.2, 0) is 17.6 Å². The lowest BCUT2D eigenvalue weighted by Gasteiger charge is -2.07. The molecule has 0 aliphatic heterocycles. The highest BCUT2D eigenvalue weighted by atomic mass is 32.2. The molecular formula is C16H18N4O2S2. The zero-order valence-corrected chi connectivity index (χ0v) is 15.4. The average molecular weight is 362 g/mol. The fourth-order valence-electron chi connectivity index (χ4n) is 2.70. The first kappa shape index (κ1) is 17.0. The van der Waals surface area contributed by atoms with Gasteiger partial charge in [0.25, 0.3) is 0 Å². The minimum absolute atomic E-state index is 0.0353. The van der Waals surface area contributed by atoms with Crippen LogP contribution in [0.3, 0.4) is 0 Å². The van der Waals surface area contributed by atoms with Gasteiger partial charge in [-0.25, -0.2) is 15.0 Å². The van der Waals surface area contributed by atoms with Crippen LogP contribution >= 0.6 is 23.1 Å². The summed E-state index contributed by atoms with van der Waals surface area (Å²) < 4.78 is 0. The van der Waals surface area contributed by atoms with Gasteiger partial charge in [-0.15, -0.1) is 0 Å². The number of fused-ring (bicyclic) bond motifs is 1. The van der Waals surface area contributed by atoms with E-state index in [1.165, 1.54) is 35.6 Å². The van der Waals surface area contributed by atoms with Crippen molar-refractivity contribution in [3.8, 4) is 0 Å². The summed E-state index contributed by atoms with van der Waals surface area (Å²) in [4.78, 5) is 37.4. The Kier molecular flexibility index (Phi) is 4.96. The molecule has 24 heavy (non-hydrogen) atoms. The van der Waals surface area contributed by atoms with Crippen LogP contribution < -0.4 is 5.32 Å². The summed E-state index contributed by atoms with van der Waals surface area (Å²) in [5.74, 6) is 0.829. The highest BCUT2D eigenvalue weighted by molar-refractivity contribution is 8.00. The van der Waals surface area contributed by atoms with Gasteiger partial charge in [0.15, 0.2) is 10.9 Å². The standard InChI is InChI=1S/C16H18N4O2S2/c1-8-14(9(2)21)24-16(17-8)20-13(22)7-23-15-11-5-4-6-12(11)18-10(3)19-15/h4-7H2,1-3H3,(H,17,20,22). The van der Waals surface area contributed by atoms with Gasteiger partial charge in [0.1, 0.15) is 10.9 Å². The second-order valence-corrected chi connectivity index (χ2v) is 7.64. The SMILES string of the molecule is CC(=O)c1sc(NC(=O)CSc2nc(C)nc3c2CCC3)nc1C. The van der Waals surface area contributed by atoms with Crippen LogP contribution in [-0.4, -0.2) is 32.4 Å². The van der Waals surface area contributed by atoms with E-state index < -0.39 is 0 Å². The molecule has 2 aromatic heterocycles. The normalized spacial score (nSPS) is 13.0. The van der Waals surface area contributed by atoms with Crippen molar-refractivity contribution in [2.45, 2.75) is 45.1 Å². The van der Waals surface area contributed by atoms with Gasteiger partial charge in [0, 0.05) is 18.2 Å². The number of hydrogen-bond acceptors (Lipinski definition) is 7. The second-order valence-electron chi connectivity index (χ2n) is 5.68. The van der Waals surface area contributed by atoms with E-state index in [0.29, 0.717) is 15.7 Å².